The highest BCUT2D eigenvalue weighted by Crippen LogP contribution is 2.45. The van der Waals surface area contributed by atoms with E-state index in [1.54, 1.807) is 17.0 Å². The summed E-state index contributed by atoms with van der Waals surface area (Å²) < 4.78 is 24.9. The van der Waals surface area contributed by atoms with Gasteiger partial charge in [-0.15, -0.1) is 0 Å². The number of nitrogens with zero attached hydrogens (tertiary/aromatic N) is 1. The number of carbonyl (C=O) groups excluding carboxylic acids is 2. The van der Waals surface area contributed by atoms with Gasteiger partial charge in [0.25, 0.3) is 0 Å². The molecule has 3 amide bonds. The van der Waals surface area contributed by atoms with E-state index >= 15 is 0 Å². The fourth-order valence-electron chi connectivity index (χ4n) is 4.71. The first-order chi connectivity index (χ1) is 14.9. The van der Waals surface area contributed by atoms with Crippen LogP contribution in [0, 0.1) is 5.92 Å². The Morgan fingerprint density at radius 1 is 0.968 bits per heavy atom. The predicted molar refractivity (Wildman–Crippen MR) is 119 cm³/mol. The summed E-state index contributed by atoms with van der Waals surface area (Å²) in [5.74, 6) is -0.846. The van der Waals surface area contributed by atoms with Crippen LogP contribution in [0.2, 0.25) is 0 Å². The summed E-state index contributed by atoms with van der Waals surface area (Å²) in [6.45, 7) is 1.05. The molecule has 0 saturated carbocycles. The Kier molecular flexibility index (Phi) is 6.00. The van der Waals surface area contributed by atoms with Crippen LogP contribution < -0.4 is 10.6 Å². The van der Waals surface area contributed by atoms with Crippen LogP contribution in [0.3, 0.4) is 0 Å². The van der Waals surface area contributed by atoms with Crippen molar-refractivity contribution < 1.29 is 18.0 Å². The average Bonchev–Trinajstić information content (AvgIpc) is 3.04. The maximum Gasteiger partial charge on any atom is 0.317 e. The highest BCUT2D eigenvalue weighted by Gasteiger charge is 2.58. The molecule has 2 saturated heterocycles. The minimum atomic E-state index is -3.42. The van der Waals surface area contributed by atoms with Gasteiger partial charge >= 0.3 is 6.03 Å². The van der Waals surface area contributed by atoms with Gasteiger partial charge in [-0.1, -0.05) is 48.5 Å². The van der Waals surface area contributed by atoms with Gasteiger partial charge in [0, 0.05) is 25.3 Å². The van der Waals surface area contributed by atoms with Crippen LogP contribution >= 0.6 is 0 Å². The van der Waals surface area contributed by atoms with E-state index in [9.17, 15) is 18.0 Å². The Balaban J connectivity index is 1.41. The first kappa shape index (κ1) is 21.4. The van der Waals surface area contributed by atoms with Gasteiger partial charge in [0.15, 0.2) is 9.84 Å². The van der Waals surface area contributed by atoms with Crippen LogP contribution in [-0.2, 0) is 21.2 Å². The van der Waals surface area contributed by atoms with Crippen molar-refractivity contribution in [1.82, 2.24) is 10.2 Å². The number of urea groups is 1. The van der Waals surface area contributed by atoms with Gasteiger partial charge in [0.1, 0.15) is 0 Å². The molecule has 7 nitrogen and oxygen atoms in total. The molecule has 0 bridgehead atoms. The Morgan fingerprint density at radius 2 is 1.58 bits per heavy atom. The number of rotatable bonds is 4. The molecule has 2 aromatic carbocycles. The van der Waals surface area contributed by atoms with Crippen LogP contribution in [0.5, 0.6) is 0 Å². The molecule has 4 rings (SSSR count). The Hall–Kier alpha value is -2.87. The van der Waals surface area contributed by atoms with Crippen LogP contribution in [0.15, 0.2) is 60.7 Å². The quantitative estimate of drug-likeness (QED) is 0.763. The van der Waals surface area contributed by atoms with E-state index in [2.05, 4.69) is 10.6 Å². The minimum absolute atomic E-state index is 0.0140. The number of piperidine rings is 1. The number of anilines is 1. The Labute approximate surface area is 182 Å². The molecule has 2 aliphatic rings. The lowest BCUT2D eigenvalue weighted by Gasteiger charge is -2.41. The first-order valence-corrected chi connectivity index (χ1v) is 12.2. The summed E-state index contributed by atoms with van der Waals surface area (Å²) in [6.07, 6.45) is 0.878. The second kappa shape index (κ2) is 8.70. The lowest BCUT2D eigenvalue weighted by molar-refractivity contribution is -0.121. The van der Waals surface area contributed by atoms with Gasteiger partial charge in [-0.25, -0.2) is 13.2 Å². The number of para-hydroxylation sites is 1. The maximum absolute atomic E-state index is 13.0. The molecule has 8 heteroatoms. The lowest BCUT2D eigenvalue weighted by atomic mass is 9.81. The smallest absolute Gasteiger partial charge is 0.317 e. The van der Waals surface area contributed by atoms with E-state index in [1.807, 2.05) is 48.5 Å². The molecule has 2 fully saturated rings. The molecule has 1 spiro atoms. The van der Waals surface area contributed by atoms with E-state index in [0.717, 1.165) is 5.56 Å². The topological polar surface area (TPSA) is 95.6 Å². The second-order valence-corrected chi connectivity index (χ2v) is 10.7. The third kappa shape index (κ3) is 4.30. The van der Waals surface area contributed by atoms with E-state index in [4.69, 9.17) is 0 Å². The van der Waals surface area contributed by atoms with Crippen molar-refractivity contribution in [2.24, 2.45) is 5.92 Å². The highest BCUT2D eigenvalue weighted by atomic mass is 32.2. The maximum atomic E-state index is 13.0. The molecule has 2 aliphatic heterocycles. The van der Waals surface area contributed by atoms with Crippen LogP contribution in [-0.4, -0.2) is 48.8 Å². The van der Waals surface area contributed by atoms with Crippen molar-refractivity contribution in [3.8, 4) is 0 Å². The zero-order valence-electron chi connectivity index (χ0n) is 17.3. The lowest BCUT2D eigenvalue weighted by Crippen LogP contribution is -2.55. The van der Waals surface area contributed by atoms with Crippen molar-refractivity contribution in [2.75, 3.05) is 24.2 Å². The van der Waals surface area contributed by atoms with E-state index in [0.29, 0.717) is 31.7 Å². The van der Waals surface area contributed by atoms with Gasteiger partial charge in [-0.3, -0.25) is 4.79 Å². The van der Waals surface area contributed by atoms with E-state index < -0.39 is 20.5 Å². The number of benzene rings is 2. The van der Waals surface area contributed by atoms with Crippen LogP contribution in [0.25, 0.3) is 0 Å². The zero-order chi connectivity index (χ0) is 21.9. The number of likely N-dealkylation sites (tertiary alicyclic amines) is 1. The summed E-state index contributed by atoms with van der Waals surface area (Å²) in [5, 5.41) is 5.76. The molecule has 164 valence electrons. The van der Waals surface area contributed by atoms with Crippen LogP contribution in [0.4, 0.5) is 10.5 Å². The standard InChI is InChI=1S/C23H27N3O4S/c27-21(25-19-9-5-2-6-10-19)20-11-16-31(29,30)23(20)12-14-26(15-13-23)22(28)24-17-18-7-3-1-4-8-18/h1-10,20H,11-17H2,(H,24,28)(H,25,27). The molecule has 0 aromatic heterocycles. The number of nitrogens with one attached hydrogen (secondary N) is 2. The largest absolute Gasteiger partial charge is 0.334 e. The second-order valence-electron chi connectivity index (χ2n) is 8.21. The molecule has 0 radical (unpaired) electrons. The van der Waals surface area contributed by atoms with E-state index in [-0.39, 0.29) is 30.5 Å². The van der Waals surface area contributed by atoms with E-state index in [1.165, 1.54) is 0 Å². The number of hydrogen-bond acceptors (Lipinski definition) is 4. The van der Waals surface area contributed by atoms with Gasteiger partial charge in [0.05, 0.1) is 16.4 Å². The average molecular weight is 442 g/mol. The Bertz CT molecular complexity index is 1030. The third-order valence-corrected chi connectivity index (χ3v) is 9.18. The molecule has 1 unspecified atom stereocenters. The molecular weight excluding hydrogens is 414 g/mol. The monoisotopic (exact) mass is 441 g/mol. The van der Waals surface area contributed by atoms with Crippen molar-refractivity contribution in [3.05, 3.63) is 66.2 Å². The first-order valence-electron chi connectivity index (χ1n) is 10.6. The van der Waals surface area contributed by atoms with Crippen molar-refractivity contribution in [3.63, 3.8) is 0 Å². The number of sulfone groups is 1. The summed E-state index contributed by atoms with van der Waals surface area (Å²) >= 11 is 0. The molecule has 31 heavy (non-hydrogen) atoms. The number of hydrogen-bond donors (Lipinski definition) is 2. The van der Waals surface area contributed by atoms with Crippen LogP contribution in [0.1, 0.15) is 24.8 Å². The normalized spacial score (nSPS) is 21.5. The highest BCUT2D eigenvalue weighted by molar-refractivity contribution is 7.93. The number of amides is 3. The minimum Gasteiger partial charge on any atom is -0.334 e. The van der Waals surface area contributed by atoms with Gasteiger partial charge in [0.2, 0.25) is 5.91 Å². The molecule has 2 N–H and O–H groups in total. The summed E-state index contributed by atoms with van der Waals surface area (Å²) in [6, 6.07) is 18.5. The predicted octanol–water partition coefficient (Wildman–Crippen LogP) is 2.80. The van der Waals surface area contributed by atoms with Gasteiger partial charge in [-0.2, -0.15) is 0 Å². The fraction of sp³-hybridized carbons (Fsp3) is 0.391. The Morgan fingerprint density at radius 3 is 2.23 bits per heavy atom. The summed E-state index contributed by atoms with van der Waals surface area (Å²) in [5.41, 5.74) is 1.66. The van der Waals surface area contributed by atoms with Crippen molar-refractivity contribution in [2.45, 2.75) is 30.6 Å². The third-order valence-electron chi connectivity index (χ3n) is 6.47. The van der Waals surface area contributed by atoms with Crippen molar-refractivity contribution >= 4 is 27.5 Å². The molecule has 0 aliphatic carbocycles. The SMILES string of the molecule is O=C(Nc1ccccc1)C1CCS(=O)(=O)C12CCN(C(=O)NCc1ccccc1)CC2. The summed E-state index contributed by atoms with van der Waals surface area (Å²) in [4.78, 5) is 27.2. The molecule has 1 atom stereocenters. The van der Waals surface area contributed by atoms with Gasteiger partial charge in [-0.05, 0) is 37.0 Å². The van der Waals surface area contributed by atoms with Gasteiger partial charge < -0.3 is 15.5 Å². The zero-order valence-corrected chi connectivity index (χ0v) is 18.1. The number of carbonyl (C=O) groups is 2. The molecule has 2 heterocycles. The fourth-order valence-corrected chi connectivity index (χ4v) is 7.13. The molecule has 2 aromatic rings. The summed E-state index contributed by atoms with van der Waals surface area (Å²) in [7, 11) is -3.42. The van der Waals surface area contributed by atoms with Crippen molar-refractivity contribution in [1.29, 1.82) is 0 Å². The molecular formula is C23H27N3O4S.